The molecular weight excluding hydrogens is 331 g/mol. The van der Waals surface area contributed by atoms with Gasteiger partial charge in [0.05, 0.1) is 5.56 Å². The lowest BCUT2D eigenvalue weighted by atomic mass is 10.1. The molecule has 0 saturated heterocycles. The van der Waals surface area contributed by atoms with Crippen LogP contribution in [-0.4, -0.2) is 23.6 Å². The zero-order valence-corrected chi connectivity index (χ0v) is 12.3. The molecule has 0 fully saturated rings. The van der Waals surface area contributed by atoms with Gasteiger partial charge in [-0.3, -0.25) is 14.4 Å². The molecule has 0 atom stereocenters. The second-order valence-electron chi connectivity index (χ2n) is 4.67. The molecule has 2 aromatic rings. The maximum atomic E-state index is 12.6. The third-order valence-electron chi connectivity index (χ3n) is 2.72. The van der Waals surface area contributed by atoms with Crippen LogP contribution >= 0.6 is 0 Å². The highest BCUT2D eigenvalue weighted by Crippen LogP contribution is 2.29. The average Bonchev–Trinajstić information content (AvgIpc) is 2.91. The number of hydrogen-bond donors (Lipinski definition) is 2. The molecule has 0 radical (unpaired) electrons. The quantitative estimate of drug-likeness (QED) is 0.813. The van der Waals surface area contributed by atoms with Gasteiger partial charge in [-0.05, 0) is 25.1 Å². The lowest BCUT2D eigenvalue weighted by molar-refractivity contribution is -0.137. The molecule has 0 spiro atoms. The van der Waals surface area contributed by atoms with Gasteiger partial charge in [0.1, 0.15) is 5.76 Å². The molecule has 2 N–H and O–H groups in total. The summed E-state index contributed by atoms with van der Waals surface area (Å²) in [6.07, 6.45) is -4.56. The van der Waals surface area contributed by atoms with Gasteiger partial charge in [0.2, 0.25) is 0 Å². The third-order valence-corrected chi connectivity index (χ3v) is 2.72. The second kappa shape index (κ2) is 7.13. The van der Waals surface area contributed by atoms with Crippen molar-refractivity contribution in [3.63, 3.8) is 0 Å². The van der Waals surface area contributed by atoms with Crippen LogP contribution in [-0.2, 0) is 15.8 Å². The zero-order valence-electron chi connectivity index (χ0n) is 12.3. The molecule has 24 heavy (non-hydrogen) atoms. The Hall–Kier alpha value is -2.88. The first-order valence-corrected chi connectivity index (χ1v) is 6.58. The Morgan fingerprint density at radius 3 is 2.67 bits per heavy atom. The Labute approximate surface area is 133 Å². The summed E-state index contributed by atoms with van der Waals surface area (Å²) in [5, 5.41) is 5.86. The van der Waals surface area contributed by atoms with E-state index in [-0.39, 0.29) is 11.4 Å². The number of rotatable bonds is 5. The van der Waals surface area contributed by atoms with Gasteiger partial charge >= 0.3 is 6.18 Å². The normalized spacial score (nSPS) is 11.2. The fourth-order valence-electron chi connectivity index (χ4n) is 1.67. The van der Waals surface area contributed by atoms with Crippen molar-refractivity contribution < 1.29 is 32.1 Å². The highest BCUT2D eigenvalue weighted by atomic mass is 19.4. The number of carbonyl (C=O) groups is 2. The van der Waals surface area contributed by atoms with Crippen molar-refractivity contribution in [2.45, 2.75) is 13.1 Å². The van der Waals surface area contributed by atoms with Gasteiger partial charge in [-0.25, -0.2) is 5.48 Å². The summed E-state index contributed by atoms with van der Waals surface area (Å²) in [6, 6.07) is 5.27. The van der Waals surface area contributed by atoms with Crippen molar-refractivity contribution in [1.82, 2.24) is 10.6 Å². The standard InChI is InChI=1S/C14H12F3N3O4/c1-8-5-11(19-24-8)18-12(21)7-23-20-13(22)9-3-2-4-10(6-9)14(15,16)17/h2-6H,7H2,1H3,(H,20,22)(H,18,19,21). The monoisotopic (exact) mass is 343 g/mol. The van der Waals surface area contributed by atoms with Gasteiger partial charge < -0.3 is 9.84 Å². The molecule has 0 bridgehead atoms. The van der Waals surface area contributed by atoms with Crippen LogP contribution in [0.3, 0.4) is 0 Å². The number of benzene rings is 1. The number of aromatic nitrogens is 1. The van der Waals surface area contributed by atoms with E-state index in [1.54, 1.807) is 6.92 Å². The number of hydrogen-bond acceptors (Lipinski definition) is 5. The van der Waals surface area contributed by atoms with E-state index in [0.717, 1.165) is 12.1 Å². The largest absolute Gasteiger partial charge is 0.416 e. The highest BCUT2D eigenvalue weighted by molar-refractivity contribution is 5.94. The summed E-state index contributed by atoms with van der Waals surface area (Å²) in [5.41, 5.74) is 0.672. The zero-order chi connectivity index (χ0) is 17.7. The summed E-state index contributed by atoms with van der Waals surface area (Å²) in [5.74, 6) is -0.881. The molecule has 0 aliphatic carbocycles. The first kappa shape index (κ1) is 17.5. The van der Waals surface area contributed by atoms with Crippen molar-refractivity contribution in [3.8, 4) is 0 Å². The Morgan fingerprint density at radius 1 is 1.29 bits per heavy atom. The van der Waals surface area contributed by atoms with Gasteiger partial charge in [0, 0.05) is 11.6 Å². The van der Waals surface area contributed by atoms with Crippen LogP contribution in [0.4, 0.5) is 19.0 Å². The average molecular weight is 343 g/mol. The van der Waals surface area contributed by atoms with Crippen LogP contribution < -0.4 is 10.8 Å². The van der Waals surface area contributed by atoms with Crippen molar-refractivity contribution in [3.05, 3.63) is 47.2 Å². The van der Waals surface area contributed by atoms with Crippen LogP contribution in [0.2, 0.25) is 0 Å². The van der Waals surface area contributed by atoms with E-state index in [1.165, 1.54) is 12.1 Å². The molecule has 7 nitrogen and oxygen atoms in total. The summed E-state index contributed by atoms with van der Waals surface area (Å²) < 4.78 is 42.4. The molecule has 1 heterocycles. The fourth-order valence-corrected chi connectivity index (χ4v) is 1.67. The summed E-state index contributed by atoms with van der Waals surface area (Å²) in [4.78, 5) is 27.9. The van der Waals surface area contributed by atoms with E-state index in [0.29, 0.717) is 11.8 Å². The number of nitrogens with zero attached hydrogens (tertiary/aromatic N) is 1. The predicted octanol–water partition coefficient (Wildman–Crippen LogP) is 2.30. The van der Waals surface area contributed by atoms with E-state index in [9.17, 15) is 22.8 Å². The lowest BCUT2D eigenvalue weighted by Gasteiger charge is -2.09. The third kappa shape index (κ3) is 4.81. The highest BCUT2D eigenvalue weighted by Gasteiger charge is 2.30. The van der Waals surface area contributed by atoms with Gasteiger partial charge in [-0.15, -0.1) is 0 Å². The van der Waals surface area contributed by atoms with E-state index >= 15 is 0 Å². The van der Waals surface area contributed by atoms with Gasteiger partial charge in [-0.1, -0.05) is 11.2 Å². The number of hydroxylamine groups is 1. The number of aryl methyl sites for hydroxylation is 1. The van der Waals surface area contributed by atoms with Crippen molar-refractivity contribution in [2.24, 2.45) is 0 Å². The second-order valence-corrected chi connectivity index (χ2v) is 4.67. The Balaban J connectivity index is 1.84. The molecule has 0 saturated carbocycles. The van der Waals surface area contributed by atoms with Crippen LogP contribution in [0.15, 0.2) is 34.9 Å². The number of carbonyl (C=O) groups excluding carboxylic acids is 2. The van der Waals surface area contributed by atoms with Crippen molar-refractivity contribution >= 4 is 17.6 Å². The molecule has 2 amide bonds. The van der Waals surface area contributed by atoms with Gasteiger partial charge in [0.25, 0.3) is 11.8 Å². The molecule has 1 aromatic carbocycles. The molecule has 0 aliphatic rings. The smallest absolute Gasteiger partial charge is 0.360 e. The maximum absolute atomic E-state index is 12.6. The SMILES string of the molecule is Cc1cc(NC(=O)CONC(=O)c2cccc(C(F)(F)F)c2)no1. The van der Waals surface area contributed by atoms with E-state index in [4.69, 9.17) is 4.52 Å². The molecule has 128 valence electrons. The molecule has 10 heteroatoms. The fraction of sp³-hybridized carbons (Fsp3) is 0.214. The minimum absolute atomic E-state index is 0.172. The topological polar surface area (TPSA) is 93.5 Å². The lowest BCUT2D eigenvalue weighted by Crippen LogP contribution is -2.29. The molecule has 2 rings (SSSR count). The predicted molar refractivity (Wildman–Crippen MR) is 74.7 cm³/mol. The maximum Gasteiger partial charge on any atom is 0.416 e. The minimum Gasteiger partial charge on any atom is -0.360 e. The van der Waals surface area contributed by atoms with Crippen molar-refractivity contribution in [1.29, 1.82) is 0 Å². The number of alkyl halides is 3. The minimum atomic E-state index is -4.56. The number of anilines is 1. The van der Waals surface area contributed by atoms with E-state index in [1.807, 2.05) is 5.48 Å². The molecule has 1 aromatic heterocycles. The van der Waals surface area contributed by atoms with Gasteiger partial charge in [0.15, 0.2) is 12.4 Å². The van der Waals surface area contributed by atoms with Crippen LogP contribution in [0.25, 0.3) is 0 Å². The molecular formula is C14H12F3N3O4. The first-order chi connectivity index (χ1) is 11.3. The molecule has 0 aliphatic heterocycles. The van der Waals surface area contributed by atoms with Crippen LogP contribution in [0, 0.1) is 6.92 Å². The number of amides is 2. The number of nitrogens with one attached hydrogen (secondary N) is 2. The van der Waals surface area contributed by atoms with E-state index < -0.39 is 30.2 Å². The van der Waals surface area contributed by atoms with Gasteiger partial charge in [-0.2, -0.15) is 13.2 Å². The Bertz CT molecular complexity index is 743. The van der Waals surface area contributed by atoms with Crippen LogP contribution in [0.5, 0.6) is 0 Å². The Morgan fingerprint density at radius 2 is 2.04 bits per heavy atom. The summed E-state index contributed by atoms with van der Waals surface area (Å²) in [7, 11) is 0. The number of halogens is 3. The summed E-state index contributed by atoms with van der Waals surface area (Å²) >= 11 is 0. The first-order valence-electron chi connectivity index (χ1n) is 6.58. The Kier molecular flexibility index (Phi) is 5.19. The van der Waals surface area contributed by atoms with E-state index in [2.05, 4.69) is 15.3 Å². The summed E-state index contributed by atoms with van der Waals surface area (Å²) in [6.45, 7) is 1.07. The van der Waals surface area contributed by atoms with Crippen molar-refractivity contribution in [2.75, 3.05) is 11.9 Å². The van der Waals surface area contributed by atoms with Crippen LogP contribution in [0.1, 0.15) is 21.7 Å². The molecule has 0 unspecified atom stereocenters.